The zero-order chi connectivity index (χ0) is 22.9. The molecule has 0 aliphatic rings. The minimum atomic E-state index is -1.29. The molecule has 6 nitrogen and oxygen atoms in total. The molecule has 0 spiro atoms. The Hall–Kier alpha value is -3.71. The number of halogens is 1. The summed E-state index contributed by atoms with van der Waals surface area (Å²) in [6, 6.07) is 17.0. The van der Waals surface area contributed by atoms with Crippen molar-refractivity contribution in [3.63, 3.8) is 0 Å². The Balaban J connectivity index is 1.66. The van der Waals surface area contributed by atoms with E-state index in [1.807, 2.05) is 30.3 Å². The molecular formula is C25H23FN2O4. The van der Waals surface area contributed by atoms with Gasteiger partial charge in [-0.1, -0.05) is 30.3 Å². The Labute approximate surface area is 184 Å². The number of hydrogen-bond donors (Lipinski definition) is 3. The minimum absolute atomic E-state index is 0.144. The molecule has 0 fully saturated rings. The number of rotatable bonds is 7. The first kappa shape index (κ1) is 21.5. The summed E-state index contributed by atoms with van der Waals surface area (Å²) in [5.41, 5.74) is 1.66. The molecule has 4 rings (SSSR count). The van der Waals surface area contributed by atoms with Gasteiger partial charge in [0, 0.05) is 12.0 Å². The maximum absolute atomic E-state index is 14.9. The molecule has 0 saturated carbocycles. The SMILES string of the molecule is CC(C)(O)c1cc(F)c(Cc2nc3ccc(C(=O)O)cc3[nH]2)cc1OCc1ccccc1. The van der Waals surface area contributed by atoms with Gasteiger partial charge < -0.3 is 19.9 Å². The quantitative estimate of drug-likeness (QED) is 0.388. The first-order valence-corrected chi connectivity index (χ1v) is 10.1. The fourth-order valence-electron chi connectivity index (χ4n) is 3.52. The number of carboxylic acid groups (broad SMARTS) is 1. The highest BCUT2D eigenvalue weighted by molar-refractivity contribution is 5.92. The number of nitrogens with one attached hydrogen (secondary N) is 1. The van der Waals surface area contributed by atoms with Crippen molar-refractivity contribution >= 4 is 17.0 Å². The van der Waals surface area contributed by atoms with Gasteiger partial charge in [0.15, 0.2) is 0 Å². The smallest absolute Gasteiger partial charge is 0.335 e. The largest absolute Gasteiger partial charge is 0.488 e. The maximum atomic E-state index is 14.9. The number of nitrogens with zero attached hydrogens (tertiary/aromatic N) is 1. The molecule has 1 aromatic heterocycles. The molecule has 0 amide bonds. The molecule has 4 aromatic rings. The fourth-order valence-corrected chi connectivity index (χ4v) is 3.52. The van der Waals surface area contributed by atoms with Gasteiger partial charge in [-0.25, -0.2) is 14.2 Å². The molecule has 32 heavy (non-hydrogen) atoms. The van der Waals surface area contributed by atoms with Crippen LogP contribution in [0.3, 0.4) is 0 Å². The lowest BCUT2D eigenvalue weighted by Gasteiger charge is -2.23. The van der Waals surface area contributed by atoms with Crippen molar-refractivity contribution in [3.8, 4) is 5.75 Å². The van der Waals surface area contributed by atoms with Crippen molar-refractivity contribution in [2.45, 2.75) is 32.5 Å². The average Bonchev–Trinajstić information content (AvgIpc) is 3.15. The van der Waals surface area contributed by atoms with Crippen molar-refractivity contribution in [2.75, 3.05) is 0 Å². The van der Waals surface area contributed by atoms with Crippen LogP contribution in [0, 0.1) is 5.82 Å². The van der Waals surface area contributed by atoms with Gasteiger partial charge in [-0.3, -0.25) is 0 Å². The molecule has 3 aromatic carbocycles. The fraction of sp³-hybridized carbons (Fsp3) is 0.200. The highest BCUT2D eigenvalue weighted by Gasteiger charge is 2.24. The molecule has 0 saturated heterocycles. The molecular weight excluding hydrogens is 411 g/mol. The van der Waals surface area contributed by atoms with Crippen molar-refractivity contribution in [3.05, 3.63) is 94.6 Å². The van der Waals surface area contributed by atoms with Crippen LogP contribution in [-0.2, 0) is 18.6 Å². The molecule has 0 aliphatic carbocycles. The lowest BCUT2D eigenvalue weighted by molar-refractivity contribution is 0.0695. The van der Waals surface area contributed by atoms with E-state index >= 15 is 0 Å². The summed E-state index contributed by atoms with van der Waals surface area (Å²) in [6.07, 6.45) is 0.150. The molecule has 0 unspecified atom stereocenters. The lowest BCUT2D eigenvalue weighted by Crippen LogP contribution is -2.18. The second-order valence-corrected chi connectivity index (χ2v) is 8.17. The van der Waals surface area contributed by atoms with Crippen molar-refractivity contribution < 1.29 is 24.1 Å². The number of benzene rings is 3. The van der Waals surface area contributed by atoms with Gasteiger partial charge in [0.05, 0.1) is 22.2 Å². The van der Waals surface area contributed by atoms with Crippen LogP contribution >= 0.6 is 0 Å². The van der Waals surface area contributed by atoms with E-state index in [0.717, 1.165) is 5.56 Å². The molecule has 3 N–H and O–H groups in total. The van der Waals surface area contributed by atoms with E-state index in [-0.39, 0.29) is 18.6 Å². The monoisotopic (exact) mass is 434 g/mol. The number of aromatic carboxylic acids is 1. The van der Waals surface area contributed by atoms with Gasteiger partial charge in [-0.15, -0.1) is 0 Å². The topological polar surface area (TPSA) is 95.4 Å². The number of carbonyl (C=O) groups is 1. The minimum Gasteiger partial charge on any atom is -0.488 e. The number of aromatic amines is 1. The number of hydrogen-bond acceptors (Lipinski definition) is 4. The van der Waals surface area contributed by atoms with Crippen LogP contribution in [0.1, 0.15) is 46.7 Å². The number of carboxylic acids is 1. The zero-order valence-corrected chi connectivity index (χ0v) is 17.7. The first-order chi connectivity index (χ1) is 15.2. The van der Waals surface area contributed by atoms with Gasteiger partial charge in [-0.05, 0) is 55.3 Å². The Morgan fingerprint density at radius 2 is 1.88 bits per heavy atom. The highest BCUT2D eigenvalue weighted by Crippen LogP contribution is 2.33. The molecule has 0 radical (unpaired) electrons. The predicted octanol–water partition coefficient (Wildman–Crippen LogP) is 4.80. The van der Waals surface area contributed by atoms with Gasteiger partial charge in [0.25, 0.3) is 0 Å². The van der Waals surface area contributed by atoms with Crippen LogP contribution in [0.4, 0.5) is 4.39 Å². The van der Waals surface area contributed by atoms with Crippen LogP contribution in [0.15, 0.2) is 60.7 Å². The third-order valence-corrected chi connectivity index (χ3v) is 5.18. The third kappa shape index (κ3) is 4.63. The summed E-state index contributed by atoms with van der Waals surface area (Å²) in [5.74, 6) is -0.633. The van der Waals surface area contributed by atoms with Crippen LogP contribution in [0.2, 0.25) is 0 Å². The van der Waals surface area contributed by atoms with Crippen LogP contribution in [0.5, 0.6) is 5.75 Å². The molecule has 0 atom stereocenters. The Morgan fingerprint density at radius 3 is 2.56 bits per heavy atom. The summed E-state index contributed by atoms with van der Waals surface area (Å²) < 4.78 is 20.9. The van der Waals surface area contributed by atoms with Crippen molar-refractivity contribution in [2.24, 2.45) is 0 Å². The lowest BCUT2D eigenvalue weighted by atomic mass is 9.94. The summed E-state index contributed by atoms with van der Waals surface area (Å²) in [7, 11) is 0. The number of aromatic nitrogens is 2. The summed E-state index contributed by atoms with van der Waals surface area (Å²) in [4.78, 5) is 18.7. The van der Waals surface area contributed by atoms with E-state index in [1.165, 1.54) is 18.2 Å². The van der Waals surface area contributed by atoms with Gasteiger partial charge in [-0.2, -0.15) is 0 Å². The molecule has 1 heterocycles. The zero-order valence-electron chi connectivity index (χ0n) is 17.7. The van der Waals surface area contributed by atoms with E-state index in [2.05, 4.69) is 9.97 Å². The van der Waals surface area contributed by atoms with Crippen LogP contribution in [-0.4, -0.2) is 26.2 Å². The Bertz CT molecular complexity index is 1280. The summed E-state index contributed by atoms with van der Waals surface area (Å²) in [6.45, 7) is 3.43. The second-order valence-electron chi connectivity index (χ2n) is 8.17. The average molecular weight is 434 g/mol. The van der Waals surface area contributed by atoms with Crippen LogP contribution < -0.4 is 4.74 Å². The molecule has 0 bridgehead atoms. The van der Waals surface area contributed by atoms with Crippen molar-refractivity contribution in [1.29, 1.82) is 0 Å². The maximum Gasteiger partial charge on any atom is 0.335 e. The van der Waals surface area contributed by atoms with Gasteiger partial charge in [0.1, 0.15) is 24.0 Å². The van der Waals surface area contributed by atoms with Crippen LogP contribution in [0.25, 0.3) is 11.0 Å². The second kappa shape index (κ2) is 8.43. The molecule has 164 valence electrons. The Morgan fingerprint density at radius 1 is 1.12 bits per heavy atom. The number of H-pyrrole nitrogens is 1. The van der Waals surface area contributed by atoms with E-state index in [1.54, 1.807) is 26.0 Å². The summed E-state index contributed by atoms with van der Waals surface area (Å²) in [5, 5.41) is 19.7. The van der Waals surface area contributed by atoms with Gasteiger partial charge >= 0.3 is 5.97 Å². The molecule has 7 heteroatoms. The Kier molecular flexibility index (Phi) is 5.67. The number of fused-ring (bicyclic) bond motifs is 1. The number of aliphatic hydroxyl groups is 1. The molecule has 0 aliphatic heterocycles. The number of ether oxygens (including phenoxy) is 1. The van der Waals surface area contributed by atoms with E-state index in [4.69, 9.17) is 9.84 Å². The standard InChI is InChI=1S/C25H23FN2O4/c1-25(2,31)18-13-19(26)17(11-22(18)32-14-15-6-4-3-5-7-15)12-23-27-20-9-8-16(24(29)30)10-21(20)28-23/h3-11,13,31H,12,14H2,1-2H3,(H,27,28)(H,29,30). The summed E-state index contributed by atoms with van der Waals surface area (Å²) >= 11 is 0. The van der Waals surface area contributed by atoms with E-state index in [9.17, 15) is 14.3 Å². The normalized spacial score (nSPS) is 11.6. The van der Waals surface area contributed by atoms with Gasteiger partial charge in [0.2, 0.25) is 0 Å². The highest BCUT2D eigenvalue weighted by atomic mass is 19.1. The van der Waals surface area contributed by atoms with E-state index in [0.29, 0.717) is 33.7 Å². The van der Waals surface area contributed by atoms with Crippen molar-refractivity contribution in [1.82, 2.24) is 9.97 Å². The third-order valence-electron chi connectivity index (χ3n) is 5.18. The van der Waals surface area contributed by atoms with E-state index < -0.39 is 17.4 Å². The first-order valence-electron chi connectivity index (χ1n) is 10.1. The number of imidazole rings is 1. The predicted molar refractivity (Wildman–Crippen MR) is 118 cm³/mol.